The van der Waals surface area contributed by atoms with Gasteiger partial charge in [-0.3, -0.25) is 4.79 Å². The summed E-state index contributed by atoms with van der Waals surface area (Å²) in [4.78, 5) is 21.3. The average molecular weight is 448 g/mol. The van der Waals surface area contributed by atoms with Crippen LogP contribution >= 0.6 is 0 Å². The zero-order valence-corrected chi connectivity index (χ0v) is 19.0. The van der Waals surface area contributed by atoms with Crippen molar-refractivity contribution in [3.63, 3.8) is 0 Å². The topological polar surface area (TPSA) is 109 Å². The van der Waals surface area contributed by atoms with E-state index in [9.17, 15) is 13.2 Å². The Bertz CT molecular complexity index is 1060. The van der Waals surface area contributed by atoms with Crippen LogP contribution in [0.1, 0.15) is 44.1 Å². The molecule has 2 aliphatic rings. The highest BCUT2D eigenvalue weighted by Crippen LogP contribution is 2.39. The van der Waals surface area contributed by atoms with E-state index in [1.807, 2.05) is 0 Å². The third kappa shape index (κ3) is 4.81. The smallest absolute Gasteiger partial charge is 0.241 e. The molecule has 0 spiro atoms. The number of nitrogens with zero attached hydrogens (tertiary/aromatic N) is 4. The Morgan fingerprint density at radius 3 is 2.61 bits per heavy atom. The second kappa shape index (κ2) is 8.68. The van der Waals surface area contributed by atoms with E-state index in [-0.39, 0.29) is 10.8 Å². The lowest BCUT2D eigenvalue weighted by Crippen LogP contribution is -2.54. The van der Waals surface area contributed by atoms with Gasteiger partial charge in [0.25, 0.3) is 0 Å². The summed E-state index contributed by atoms with van der Waals surface area (Å²) in [5, 5.41) is 4.00. The minimum Gasteiger partial charge on any atom is -0.339 e. The minimum absolute atomic E-state index is 0.109. The van der Waals surface area contributed by atoms with Crippen LogP contribution < -0.4 is 4.72 Å². The number of nitrogens with one attached hydrogen (secondary N) is 1. The maximum atomic E-state index is 13.1. The molecule has 1 aliphatic heterocycles. The summed E-state index contributed by atoms with van der Waals surface area (Å²) in [6.07, 6.45) is 2.08. The van der Waals surface area contributed by atoms with Gasteiger partial charge in [0.15, 0.2) is 0 Å². The van der Waals surface area contributed by atoms with Gasteiger partial charge >= 0.3 is 0 Å². The molecule has 9 nitrogen and oxygen atoms in total. The van der Waals surface area contributed by atoms with Crippen molar-refractivity contribution in [1.29, 1.82) is 0 Å². The van der Waals surface area contributed by atoms with Gasteiger partial charge in [0.05, 0.1) is 10.9 Å². The molecule has 0 radical (unpaired) electrons. The maximum Gasteiger partial charge on any atom is 0.241 e. The second-order valence-electron chi connectivity index (χ2n) is 8.31. The number of aromatic nitrogens is 2. The van der Waals surface area contributed by atoms with Gasteiger partial charge < -0.3 is 14.3 Å². The summed E-state index contributed by atoms with van der Waals surface area (Å²) in [6.45, 7) is 9.16. The van der Waals surface area contributed by atoms with Crippen molar-refractivity contribution in [2.45, 2.75) is 50.5 Å². The SMILES string of the molecule is CCN1CCN(C(=O)[C@@H](C)NS(=O)(=O)c2cc(-c3noc(C4CC4)n3)ccc2C)CC1. The van der Waals surface area contributed by atoms with Crippen LogP contribution in [-0.4, -0.2) is 73.0 Å². The van der Waals surface area contributed by atoms with E-state index < -0.39 is 16.1 Å². The van der Waals surface area contributed by atoms with Crippen LogP contribution in [0.3, 0.4) is 0 Å². The molecule has 4 rings (SSSR count). The number of aryl methyl sites for hydroxylation is 1. The maximum absolute atomic E-state index is 13.1. The average Bonchev–Trinajstić information content (AvgIpc) is 3.50. The molecule has 1 aliphatic carbocycles. The van der Waals surface area contributed by atoms with Crippen molar-refractivity contribution in [1.82, 2.24) is 24.7 Å². The number of rotatable bonds is 7. The second-order valence-corrected chi connectivity index (χ2v) is 10.00. The molecule has 2 fully saturated rings. The lowest BCUT2D eigenvalue weighted by Gasteiger charge is -2.35. The van der Waals surface area contributed by atoms with Crippen molar-refractivity contribution in [3.05, 3.63) is 29.7 Å². The molecule has 2 aromatic rings. The summed E-state index contributed by atoms with van der Waals surface area (Å²) in [6, 6.07) is 4.18. The molecule has 1 saturated carbocycles. The predicted molar refractivity (Wildman–Crippen MR) is 115 cm³/mol. The lowest BCUT2D eigenvalue weighted by atomic mass is 10.1. The fraction of sp³-hybridized carbons (Fsp3) is 0.571. The van der Waals surface area contributed by atoms with Crippen LogP contribution in [0.15, 0.2) is 27.6 Å². The minimum atomic E-state index is -3.91. The van der Waals surface area contributed by atoms with Gasteiger partial charge in [-0.1, -0.05) is 24.2 Å². The number of amides is 1. The van der Waals surface area contributed by atoms with Crippen molar-refractivity contribution in [3.8, 4) is 11.4 Å². The molecule has 10 heteroatoms. The Kier molecular flexibility index (Phi) is 6.14. The highest BCUT2D eigenvalue weighted by molar-refractivity contribution is 7.89. The normalized spacial score (nSPS) is 18.9. The zero-order chi connectivity index (χ0) is 22.2. The van der Waals surface area contributed by atoms with Gasteiger partial charge in [-0.2, -0.15) is 9.71 Å². The Labute approximate surface area is 182 Å². The molecule has 1 amide bonds. The third-order valence-electron chi connectivity index (χ3n) is 5.94. The molecule has 2 heterocycles. The standard InChI is InChI=1S/C21H29N5O4S/c1-4-25-9-11-26(12-10-25)21(27)15(3)24-31(28,29)18-13-17(6-5-14(18)2)19-22-20(30-23-19)16-7-8-16/h5-6,13,15-16,24H,4,7-12H2,1-3H3/t15-/m1/s1. The van der Waals surface area contributed by atoms with E-state index in [1.165, 1.54) is 6.07 Å². The molecule has 1 saturated heterocycles. The van der Waals surface area contributed by atoms with Crippen molar-refractivity contribution in [2.75, 3.05) is 32.7 Å². The van der Waals surface area contributed by atoms with Crippen LogP contribution in [0.2, 0.25) is 0 Å². The first-order valence-corrected chi connectivity index (χ1v) is 12.2. The van der Waals surface area contributed by atoms with Crippen LogP contribution in [0.5, 0.6) is 0 Å². The Hall–Kier alpha value is -2.30. The first kappa shape index (κ1) is 21.9. The fourth-order valence-corrected chi connectivity index (χ4v) is 5.25. The van der Waals surface area contributed by atoms with Gasteiger partial charge in [0.2, 0.25) is 27.6 Å². The molecule has 31 heavy (non-hydrogen) atoms. The number of carbonyl (C=O) groups excluding carboxylic acids is 1. The van der Waals surface area contributed by atoms with E-state index in [4.69, 9.17) is 4.52 Å². The van der Waals surface area contributed by atoms with Crippen molar-refractivity contribution >= 4 is 15.9 Å². The third-order valence-corrected chi connectivity index (χ3v) is 7.62. The van der Waals surface area contributed by atoms with Crippen molar-refractivity contribution in [2.24, 2.45) is 0 Å². The molecule has 0 unspecified atom stereocenters. The molecule has 1 aromatic carbocycles. The Morgan fingerprint density at radius 2 is 1.97 bits per heavy atom. The first-order valence-electron chi connectivity index (χ1n) is 10.8. The van der Waals surface area contributed by atoms with E-state index in [2.05, 4.69) is 26.7 Å². The van der Waals surface area contributed by atoms with Gasteiger partial charge in [-0.15, -0.1) is 0 Å². The van der Waals surface area contributed by atoms with E-state index in [1.54, 1.807) is 30.9 Å². The Balaban J connectivity index is 1.49. The largest absolute Gasteiger partial charge is 0.339 e. The van der Waals surface area contributed by atoms with E-state index >= 15 is 0 Å². The van der Waals surface area contributed by atoms with Crippen LogP contribution in [0, 0.1) is 6.92 Å². The summed E-state index contributed by atoms with van der Waals surface area (Å²) in [7, 11) is -3.91. The van der Waals surface area contributed by atoms with Gasteiger partial charge in [0, 0.05) is 37.7 Å². The number of hydrogen-bond acceptors (Lipinski definition) is 7. The summed E-state index contributed by atoms with van der Waals surface area (Å²) in [5.41, 5.74) is 1.15. The number of carbonyl (C=O) groups is 1. The summed E-state index contributed by atoms with van der Waals surface area (Å²) < 4.78 is 34.1. The molecule has 0 bridgehead atoms. The summed E-state index contributed by atoms with van der Waals surface area (Å²) >= 11 is 0. The monoisotopic (exact) mass is 447 g/mol. The number of sulfonamides is 1. The molecule has 1 atom stereocenters. The predicted octanol–water partition coefficient (Wildman–Crippen LogP) is 1.75. The molecule has 168 valence electrons. The number of likely N-dealkylation sites (N-methyl/N-ethyl adjacent to an activating group) is 1. The summed E-state index contributed by atoms with van der Waals surface area (Å²) in [5.74, 6) is 1.08. The number of benzene rings is 1. The number of hydrogen-bond donors (Lipinski definition) is 1. The van der Waals surface area contributed by atoms with E-state index in [0.29, 0.717) is 41.8 Å². The van der Waals surface area contributed by atoms with E-state index in [0.717, 1.165) is 32.5 Å². The lowest BCUT2D eigenvalue weighted by molar-refractivity contribution is -0.134. The van der Waals surface area contributed by atoms with Crippen molar-refractivity contribution < 1.29 is 17.7 Å². The highest BCUT2D eigenvalue weighted by Gasteiger charge is 2.31. The van der Waals surface area contributed by atoms with Crippen LogP contribution in [0.25, 0.3) is 11.4 Å². The molecular weight excluding hydrogens is 418 g/mol. The molecule has 1 N–H and O–H groups in total. The fourth-order valence-electron chi connectivity index (χ4n) is 3.78. The Morgan fingerprint density at radius 1 is 1.26 bits per heavy atom. The number of piperazine rings is 1. The van der Waals surface area contributed by atoms with Gasteiger partial charge in [-0.05, 0) is 44.9 Å². The van der Waals surface area contributed by atoms with Crippen LogP contribution in [-0.2, 0) is 14.8 Å². The molecule has 1 aromatic heterocycles. The molecular formula is C21H29N5O4S. The van der Waals surface area contributed by atoms with Gasteiger partial charge in [-0.25, -0.2) is 8.42 Å². The van der Waals surface area contributed by atoms with Crippen LogP contribution in [0.4, 0.5) is 0 Å². The first-order chi connectivity index (χ1) is 14.8. The van der Waals surface area contributed by atoms with Gasteiger partial charge in [0.1, 0.15) is 0 Å². The zero-order valence-electron chi connectivity index (χ0n) is 18.2. The quantitative estimate of drug-likeness (QED) is 0.689. The highest BCUT2D eigenvalue weighted by atomic mass is 32.2.